The second-order valence-electron chi connectivity index (χ2n) is 7.58. The van der Waals surface area contributed by atoms with Crippen molar-refractivity contribution in [2.45, 2.75) is 39.3 Å². The molecule has 1 fully saturated rings. The molecule has 26 heavy (non-hydrogen) atoms. The molecule has 2 aliphatic rings. The number of hydrogen-bond donors (Lipinski definition) is 0. The van der Waals surface area contributed by atoms with Gasteiger partial charge in [-0.05, 0) is 24.8 Å². The predicted octanol–water partition coefficient (Wildman–Crippen LogP) is 3.28. The van der Waals surface area contributed by atoms with E-state index in [0.29, 0.717) is 0 Å². The molecule has 2 aromatic rings. The lowest BCUT2D eigenvalue weighted by Gasteiger charge is -2.32. The van der Waals surface area contributed by atoms with Crippen LogP contribution in [0.4, 0.5) is 5.95 Å². The van der Waals surface area contributed by atoms with Gasteiger partial charge in [0.2, 0.25) is 5.95 Å². The number of aromatic nitrogens is 2. The molecule has 1 aromatic carbocycles. The summed E-state index contributed by atoms with van der Waals surface area (Å²) in [7, 11) is 1.74. The van der Waals surface area contributed by atoms with Crippen LogP contribution in [0.3, 0.4) is 0 Å². The number of methoxy groups -OCH3 is 1. The van der Waals surface area contributed by atoms with Crippen molar-refractivity contribution in [3.05, 3.63) is 47.3 Å². The lowest BCUT2D eigenvalue weighted by Crippen LogP contribution is -2.35. The molecule has 138 valence electrons. The zero-order chi connectivity index (χ0) is 17.9. The molecule has 0 unspecified atom stereocenters. The zero-order valence-electron chi connectivity index (χ0n) is 15.8. The lowest BCUT2D eigenvalue weighted by atomic mass is 9.99. The molecular formula is C21H28N4O. The first-order chi connectivity index (χ1) is 12.7. The highest BCUT2D eigenvalue weighted by atomic mass is 16.5. The monoisotopic (exact) mass is 352 g/mol. The topological polar surface area (TPSA) is 41.5 Å². The Morgan fingerprint density at radius 2 is 1.96 bits per heavy atom. The molecule has 1 saturated heterocycles. The quantitative estimate of drug-likeness (QED) is 0.845. The van der Waals surface area contributed by atoms with E-state index >= 15 is 0 Å². The molecule has 3 heterocycles. The Labute approximate surface area is 156 Å². The fourth-order valence-electron chi connectivity index (χ4n) is 3.93. The molecule has 4 rings (SSSR count). The minimum atomic E-state index is 0.826. The number of benzene rings is 1. The summed E-state index contributed by atoms with van der Waals surface area (Å²) in [5, 5.41) is 0. The van der Waals surface area contributed by atoms with Gasteiger partial charge in [-0.3, -0.25) is 4.90 Å². The molecule has 0 bridgehead atoms. The van der Waals surface area contributed by atoms with Crippen molar-refractivity contribution in [2.24, 2.45) is 5.92 Å². The summed E-state index contributed by atoms with van der Waals surface area (Å²) in [6, 6.07) is 8.27. The van der Waals surface area contributed by atoms with E-state index < -0.39 is 0 Å². The fraction of sp³-hybridized carbons (Fsp3) is 0.524. The third-order valence-electron chi connectivity index (χ3n) is 5.65. The van der Waals surface area contributed by atoms with Crippen LogP contribution in [0.5, 0.6) is 5.75 Å². The summed E-state index contributed by atoms with van der Waals surface area (Å²) in [5.74, 6) is 2.71. The van der Waals surface area contributed by atoms with Crippen LogP contribution >= 0.6 is 0 Å². The Bertz CT molecular complexity index is 755. The van der Waals surface area contributed by atoms with Crippen molar-refractivity contribution in [1.82, 2.24) is 14.9 Å². The predicted molar refractivity (Wildman–Crippen MR) is 103 cm³/mol. The average Bonchev–Trinajstić information content (AvgIpc) is 2.68. The number of piperidine rings is 1. The van der Waals surface area contributed by atoms with Crippen LogP contribution in [0.15, 0.2) is 30.5 Å². The first kappa shape index (κ1) is 17.3. The number of hydrogen-bond acceptors (Lipinski definition) is 5. The SMILES string of the molecule is COc1ccccc1CN1CCc2nc(N3CCC(C)CC3)ncc2C1. The Balaban J connectivity index is 1.44. The van der Waals surface area contributed by atoms with Crippen LogP contribution in [0.1, 0.15) is 36.6 Å². The van der Waals surface area contributed by atoms with Crippen molar-refractivity contribution in [3.63, 3.8) is 0 Å². The zero-order valence-corrected chi connectivity index (χ0v) is 15.8. The van der Waals surface area contributed by atoms with E-state index in [2.05, 4.69) is 33.8 Å². The lowest BCUT2D eigenvalue weighted by molar-refractivity contribution is 0.239. The molecule has 0 atom stereocenters. The van der Waals surface area contributed by atoms with Crippen molar-refractivity contribution < 1.29 is 4.74 Å². The summed E-state index contributed by atoms with van der Waals surface area (Å²) in [4.78, 5) is 14.4. The molecule has 0 saturated carbocycles. The van der Waals surface area contributed by atoms with Crippen molar-refractivity contribution >= 4 is 5.95 Å². The molecule has 1 aromatic heterocycles. The second kappa shape index (κ2) is 7.62. The van der Waals surface area contributed by atoms with Crippen LogP contribution in [-0.4, -0.2) is 41.6 Å². The Kier molecular flexibility index (Phi) is 5.07. The summed E-state index contributed by atoms with van der Waals surface area (Å²) >= 11 is 0. The first-order valence-corrected chi connectivity index (χ1v) is 9.67. The standard InChI is InChI=1S/C21H28N4O/c1-16-7-11-25(12-8-16)21-22-13-18-15-24(10-9-19(18)23-21)14-17-5-3-4-6-20(17)26-2/h3-6,13,16H,7-12,14-15H2,1-2H3. The van der Waals surface area contributed by atoms with E-state index in [9.17, 15) is 0 Å². The fourth-order valence-corrected chi connectivity index (χ4v) is 3.93. The molecule has 0 amide bonds. The Hall–Kier alpha value is -2.14. The molecular weight excluding hydrogens is 324 g/mol. The number of fused-ring (bicyclic) bond motifs is 1. The van der Waals surface area contributed by atoms with E-state index in [4.69, 9.17) is 9.72 Å². The van der Waals surface area contributed by atoms with Crippen LogP contribution in [0, 0.1) is 5.92 Å². The maximum absolute atomic E-state index is 5.49. The maximum Gasteiger partial charge on any atom is 0.225 e. The number of rotatable bonds is 4. The number of nitrogens with zero attached hydrogens (tertiary/aromatic N) is 4. The largest absolute Gasteiger partial charge is 0.496 e. The van der Waals surface area contributed by atoms with Gasteiger partial charge in [0.1, 0.15) is 5.75 Å². The molecule has 2 aliphatic heterocycles. The number of anilines is 1. The van der Waals surface area contributed by atoms with Crippen molar-refractivity contribution in [2.75, 3.05) is 31.6 Å². The summed E-state index contributed by atoms with van der Waals surface area (Å²) in [6.07, 6.45) is 5.52. The molecule has 0 aliphatic carbocycles. The molecule has 0 N–H and O–H groups in total. The summed E-state index contributed by atoms with van der Waals surface area (Å²) in [6.45, 7) is 7.33. The van der Waals surface area contributed by atoms with Gasteiger partial charge < -0.3 is 9.64 Å². The van der Waals surface area contributed by atoms with Crippen LogP contribution < -0.4 is 9.64 Å². The second-order valence-corrected chi connectivity index (χ2v) is 7.58. The van der Waals surface area contributed by atoms with Gasteiger partial charge in [0.15, 0.2) is 0 Å². The normalized spacial score (nSPS) is 18.6. The smallest absolute Gasteiger partial charge is 0.225 e. The van der Waals surface area contributed by atoms with Crippen LogP contribution in [0.25, 0.3) is 0 Å². The van der Waals surface area contributed by atoms with Gasteiger partial charge in [-0.25, -0.2) is 9.97 Å². The molecule has 5 heteroatoms. The minimum Gasteiger partial charge on any atom is -0.496 e. The van der Waals surface area contributed by atoms with E-state index in [1.807, 2.05) is 18.3 Å². The van der Waals surface area contributed by atoms with Crippen LogP contribution in [-0.2, 0) is 19.5 Å². The average molecular weight is 352 g/mol. The van der Waals surface area contributed by atoms with Gasteiger partial charge in [-0.1, -0.05) is 25.1 Å². The number of para-hydroxylation sites is 1. The third-order valence-corrected chi connectivity index (χ3v) is 5.65. The summed E-state index contributed by atoms with van der Waals surface area (Å²) in [5.41, 5.74) is 3.73. The summed E-state index contributed by atoms with van der Waals surface area (Å²) < 4.78 is 5.49. The van der Waals surface area contributed by atoms with E-state index in [-0.39, 0.29) is 0 Å². The van der Waals surface area contributed by atoms with Gasteiger partial charge in [0.05, 0.1) is 12.8 Å². The molecule has 0 spiro atoms. The van der Waals surface area contributed by atoms with Gasteiger partial charge in [0, 0.05) is 56.5 Å². The first-order valence-electron chi connectivity index (χ1n) is 9.67. The van der Waals surface area contributed by atoms with Crippen molar-refractivity contribution in [1.29, 1.82) is 0 Å². The highest BCUT2D eigenvalue weighted by Gasteiger charge is 2.22. The van der Waals surface area contributed by atoms with E-state index in [1.54, 1.807) is 7.11 Å². The van der Waals surface area contributed by atoms with E-state index in [1.165, 1.54) is 29.7 Å². The van der Waals surface area contributed by atoms with Crippen molar-refractivity contribution in [3.8, 4) is 5.75 Å². The van der Waals surface area contributed by atoms with Gasteiger partial charge in [-0.2, -0.15) is 0 Å². The third kappa shape index (κ3) is 3.68. The number of ether oxygens (including phenoxy) is 1. The van der Waals surface area contributed by atoms with Crippen LogP contribution in [0.2, 0.25) is 0 Å². The van der Waals surface area contributed by atoms with Gasteiger partial charge in [-0.15, -0.1) is 0 Å². The van der Waals surface area contributed by atoms with E-state index in [0.717, 1.165) is 56.8 Å². The Morgan fingerprint density at radius 1 is 1.15 bits per heavy atom. The minimum absolute atomic E-state index is 0.826. The Morgan fingerprint density at radius 3 is 2.77 bits per heavy atom. The maximum atomic E-state index is 5.49. The molecule has 0 radical (unpaired) electrons. The van der Waals surface area contributed by atoms with Gasteiger partial charge >= 0.3 is 0 Å². The highest BCUT2D eigenvalue weighted by Crippen LogP contribution is 2.25. The highest BCUT2D eigenvalue weighted by molar-refractivity contribution is 5.36. The molecule has 5 nitrogen and oxygen atoms in total. The van der Waals surface area contributed by atoms with Gasteiger partial charge in [0.25, 0.3) is 0 Å².